The van der Waals surface area contributed by atoms with Gasteiger partial charge < -0.3 is 9.30 Å². The molecule has 0 aliphatic carbocycles. The molecule has 2 aromatic carbocycles. The summed E-state index contributed by atoms with van der Waals surface area (Å²) in [4.78, 5) is 17.2. The zero-order valence-electron chi connectivity index (χ0n) is 15.7. The van der Waals surface area contributed by atoms with E-state index in [0.29, 0.717) is 28.7 Å². The van der Waals surface area contributed by atoms with Crippen LogP contribution in [0.15, 0.2) is 60.8 Å². The molecule has 5 heteroatoms. The van der Waals surface area contributed by atoms with Crippen LogP contribution >= 0.6 is 0 Å². The van der Waals surface area contributed by atoms with Crippen molar-refractivity contribution in [3.05, 3.63) is 72.3 Å². The fourth-order valence-electron chi connectivity index (χ4n) is 3.51. The molecule has 0 saturated carbocycles. The molecule has 0 unspecified atom stereocenters. The molecular formula is C23H21FN2O2. The number of fused-ring (bicyclic) bond motifs is 2. The van der Waals surface area contributed by atoms with Crippen LogP contribution in [0.2, 0.25) is 0 Å². The van der Waals surface area contributed by atoms with Crippen LogP contribution in [0.4, 0.5) is 4.39 Å². The lowest BCUT2D eigenvalue weighted by Crippen LogP contribution is -2.12. The maximum atomic E-state index is 15.2. The van der Waals surface area contributed by atoms with Crippen LogP contribution in [0, 0.1) is 5.95 Å². The van der Waals surface area contributed by atoms with Gasteiger partial charge in [-0.3, -0.25) is 4.98 Å². The fourth-order valence-corrected chi connectivity index (χ4v) is 3.51. The van der Waals surface area contributed by atoms with Crippen molar-refractivity contribution < 1.29 is 13.9 Å². The number of nitrogens with zero attached hydrogens (tertiary/aromatic N) is 2. The van der Waals surface area contributed by atoms with Crippen LogP contribution in [0.25, 0.3) is 21.8 Å². The number of esters is 1. The summed E-state index contributed by atoms with van der Waals surface area (Å²) in [7, 11) is 0. The van der Waals surface area contributed by atoms with E-state index < -0.39 is 11.9 Å². The minimum absolute atomic E-state index is 0.0277. The van der Waals surface area contributed by atoms with Crippen LogP contribution in [-0.4, -0.2) is 15.5 Å². The van der Waals surface area contributed by atoms with Gasteiger partial charge in [0, 0.05) is 23.5 Å². The first-order chi connectivity index (χ1) is 13.7. The minimum Gasteiger partial charge on any atom is -0.420 e. The maximum Gasteiger partial charge on any atom is 0.348 e. The maximum absolute atomic E-state index is 15.2. The van der Waals surface area contributed by atoms with Crippen molar-refractivity contribution in [3.8, 4) is 5.75 Å². The second kappa shape index (κ2) is 7.80. The fraction of sp³-hybridized carbons (Fsp3) is 0.217. The van der Waals surface area contributed by atoms with Gasteiger partial charge in [0.1, 0.15) is 11.1 Å². The molecule has 0 spiro atoms. The molecule has 28 heavy (non-hydrogen) atoms. The first-order valence-corrected chi connectivity index (χ1v) is 9.53. The lowest BCUT2D eigenvalue weighted by molar-refractivity contribution is 0.0733. The van der Waals surface area contributed by atoms with Crippen LogP contribution in [0.5, 0.6) is 5.75 Å². The number of carbonyl (C=O) groups excluding carboxylic acids is 1. The number of hydrogen-bond donors (Lipinski definition) is 0. The number of carbonyl (C=O) groups is 1. The van der Waals surface area contributed by atoms with Gasteiger partial charge >= 0.3 is 5.97 Å². The van der Waals surface area contributed by atoms with Gasteiger partial charge in [0.05, 0.1) is 5.52 Å². The zero-order chi connectivity index (χ0) is 19.5. The van der Waals surface area contributed by atoms with Crippen LogP contribution in [0.3, 0.4) is 0 Å². The molecule has 0 N–H and O–H groups in total. The van der Waals surface area contributed by atoms with Crippen molar-refractivity contribution >= 4 is 27.8 Å². The smallest absolute Gasteiger partial charge is 0.348 e. The van der Waals surface area contributed by atoms with E-state index in [-0.39, 0.29) is 5.56 Å². The summed E-state index contributed by atoms with van der Waals surface area (Å²) in [5.74, 6) is -0.929. The van der Waals surface area contributed by atoms with Gasteiger partial charge in [-0.2, -0.15) is 4.39 Å². The third-order valence-electron chi connectivity index (χ3n) is 4.90. The van der Waals surface area contributed by atoms with E-state index in [0.717, 1.165) is 24.6 Å². The molecule has 0 radical (unpaired) electrons. The number of para-hydroxylation sites is 2. The molecule has 0 aliphatic heterocycles. The van der Waals surface area contributed by atoms with E-state index in [1.165, 1.54) is 0 Å². The normalized spacial score (nSPS) is 11.2. The summed E-state index contributed by atoms with van der Waals surface area (Å²) < 4.78 is 22.4. The van der Waals surface area contributed by atoms with Gasteiger partial charge in [0.25, 0.3) is 0 Å². The topological polar surface area (TPSA) is 44.1 Å². The first kappa shape index (κ1) is 18.2. The summed E-state index contributed by atoms with van der Waals surface area (Å²) in [6.07, 6.45) is 4.55. The van der Waals surface area contributed by atoms with E-state index in [1.807, 2.05) is 30.3 Å². The Morgan fingerprint density at radius 1 is 1.07 bits per heavy atom. The number of ether oxygens (including phenoxy) is 1. The van der Waals surface area contributed by atoms with Crippen molar-refractivity contribution in [1.29, 1.82) is 0 Å². The molecule has 2 aromatic heterocycles. The van der Waals surface area contributed by atoms with Gasteiger partial charge in [-0.15, -0.1) is 0 Å². The molecule has 4 rings (SSSR count). The highest BCUT2D eigenvalue weighted by Crippen LogP contribution is 2.29. The molecule has 0 atom stereocenters. The SMILES string of the molecule is CCCCCn1c(F)c(C(=O)Oc2cccc3cccnc23)c2ccccc21. The molecule has 0 fully saturated rings. The van der Waals surface area contributed by atoms with Crippen molar-refractivity contribution in [1.82, 2.24) is 9.55 Å². The molecule has 0 bridgehead atoms. The number of rotatable bonds is 6. The molecule has 0 aliphatic rings. The van der Waals surface area contributed by atoms with Crippen LogP contribution in [-0.2, 0) is 6.54 Å². The predicted molar refractivity (Wildman–Crippen MR) is 108 cm³/mol. The van der Waals surface area contributed by atoms with E-state index >= 15 is 4.39 Å². The summed E-state index contributed by atoms with van der Waals surface area (Å²) in [6, 6.07) is 16.3. The Bertz CT molecular complexity index is 1140. The van der Waals surface area contributed by atoms with Crippen LogP contribution in [0.1, 0.15) is 36.5 Å². The van der Waals surface area contributed by atoms with Crippen molar-refractivity contribution in [2.24, 2.45) is 0 Å². The minimum atomic E-state index is -0.707. The molecule has 2 heterocycles. The van der Waals surface area contributed by atoms with E-state index in [1.54, 1.807) is 35.0 Å². The first-order valence-electron chi connectivity index (χ1n) is 9.53. The Kier molecular flexibility index (Phi) is 5.06. The second-order valence-electron chi connectivity index (χ2n) is 6.76. The summed E-state index contributed by atoms with van der Waals surface area (Å²) in [5.41, 5.74) is 1.25. The molecular weight excluding hydrogens is 355 g/mol. The molecule has 4 aromatic rings. The quantitative estimate of drug-likeness (QED) is 0.245. The molecule has 0 saturated heterocycles. The highest BCUT2D eigenvalue weighted by Gasteiger charge is 2.24. The van der Waals surface area contributed by atoms with Crippen molar-refractivity contribution in [2.45, 2.75) is 32.7 Å². The Balaban J connectivity index is 1.74. The number of benzene rings is 2. The number of hydrogen-bond acceptors (Lipinski definition) is 3. The standard InChI is InChI=1S/C23H21FN2O2/c1-2-3-6-15-26-18-12-5-4-11-17(18)20(22(26)24)23(27)28-19-13-7-9-16-10-8-14-25-21(16)19/h4-5,7-14H,2-3,6,15H2,1H3. The Morgan fingerprint density at radius 2 is 1.89 bits per heavy atom. The van der Waals surface area contributed by atoms with Gasteiger partial charge in [-0.25, -0.2) is 4.79 Å². The Morgan fingerprint density at radius 3 is 2.75 bits per heavy atom. The number of unbranched alkanes of at least 4 members (excludes halogenated alkanes) is 2. The van der Waals surface area contributed by atoms with E-state index in [4.69, 9.17) is 4.74 Å². The highest BCUT2D eigenvalue weighted by molar-refractivity contribution is 6.06. The summed E-state index contributed by atoms with van der Waals surface area (Å²) >= 11 is 0. The predicted octanol–water partition coefficient (Wildman–Crippen LogP) is 5.74. The molecule has 142 valence electrons. The number of aryl methyl sites for hydroxylation is 1. The highest BCUT2D eigenvalue weighted by atomic mass is 19.1. The average molecular weight is 376 g/mol. The van der Waals surface area contributed by atoms with Crippen molar-refractivity contribution in [2.75, 3.05) is 0 Å². The Labute approximate surface area is 162 Å². The van der Waals surface area contributed by atoms with E-state index in [9.17, 15) is 4.79 Å². The summed E-state index contributed by atoms with van der Waals surface area (Å²) in [5, 5.41) is 1.42. The number of pyridine rings is 1. The zero-order valence-corrected chi connectivity index (χ0v) is 15.7. The van der Waals surface area contributed by atoms with Gasteiger partial charge in [0.2, 0.25) is 5.95 Å². The summed E-state index contributed by atoms with van der Waals surface area (Å²) in [6.45, 7) is 2.63. The van der Waals surface area contributed by atoms with Gasteiger partial charge in [-0.05, 0) is 24.6 Å². The number of halogens is 1. The average Bonchev–Trinajstić information content (AvgIpc) is 3.00. The third-order valence-corrected chi connectivity index (χ3v) is 4.90. The lowest BCUT2D eigenvalue weighted by Gasteiger charge is -2.07. The number of aromatic nitrogens is 2. The monoisotopic (exact) mass is 376 g/mol. The largest absolute Gasteiger partial charge is 0.420 e. The molecule has 4 nitrogen and oxygen atoms in total. The van der Waals surface area contributed by atoms with Gasteiger partial charge in [0.15, 0.2) is 5.75 Å². The molecule has 0 amide bonds. The van der Waals surface area contributed by atoms with Crippen molar-refractivity contribution in [3.63, 3.8) is 0 Å². The lowest BCUT2D eigenvalue weighted by atomic mass is 10.1. The van der Waals surface area contributed by atoms with Gasteiger partial charge in [-0.1, -0.05) is 56.2 Å². The van der Waals surface area contributed by atoms with Crippen LogP contribution < -0.4 is 4.74 Å². The van der Waals surface area contributed by atoms with E-state index in [2.05, 4.69) is 11.9 Å². The third kappa shape index (κ3) is 3.24. The Hall–Kier alpha value is -3.21. The second-order valence-corrected chi connectivity index (χ2v) is 6.76.